The zero-order valence-corrected chi connectivity index (χ0v) is 13.6. The molecule has 0 unspecified atom stereocenters. The van der Waals surface area contributed by atoms with E-state index in [0.29, 0.717) is 16.3 Å². The Kier molecular flexibility index (Phi) is 5.55. The van der Waals surface area contributed by atoms with Crippen LogP contribution in [0.5, 0.6) is 0 Å². The SMILES string of the molecule is CN(C(=O)CNC(=O)O)c1ccc(Cl)cc1C(=O)c1ccccc1. The molecule has 0 saturated carbocycles. The van der Waals surface area contributed by atoms with Gasteiger partial charge in [-0.2, -0.15) is 0 Å². The first kappa shape index (κ1) is 17.5. The summed E-state index contributed by atoms with van der Waals surface area (Å²) >= 11 is 5.99. The number of hydrogen-bond acceptors (Lipinski definition) is 3. The van der Waals surface area contributed by atoms with Gasteiger partial charge in [0, 0.05) is 23.2 Å². The summed E-state index contributed by atoms with van der Waals surface area (Å²) in [5.74, 6) is -0.777. The van der Waals surface area contributed by atoms with Crippen LogP contribution < -0.4 is 10.2 Å². The minimum absolute atomic E-state index is 0.264. The van der Waals surface area contributed by atoms with Crippen LogP contribution in [0.2, 0.25) is 5.02 Å². The van der Waals surface area contributed by atoms with Crippen molar-refractivity contribution in [3.63, 3.8) is 0 Å². The average Bonchev–Trinajstić information content (AvgIpc) is 2.59. The predicted molar refractivity (Wildman–Crippen MR) is 90.8 cm³/mol. The van der Waals surface area contributed by atoms with Gasteiger partial charge in [-0.3, -0.25) is 9.59 Å². The topological polar surface area (TPSA) is 86.7 Å². The molecule has 0 heterocycles. The van der Waals surface area contributed by atoms with Gasteiger partial charge in [0.25, 0.3) is 0 Å². The maximum atomic E-state index is 12.7. The molecule has 0 aromatic heterocycles. The van der Waals surface area contributed by atoms with Crippen LogP contribution in [0.3, 0.4) is 0 Å². The molecular formula is C17H15ClN2O4. The number of carbonyl (C=O) groups excluding carboxylic acids is 2. The number of hydrogen-bond donors (Lipinski definition) is 2. The van der Waals surface area contributed by atoms with E-state index in [1.54, 1.807) is 42.5 Å². The minimum Gasteiger partial charge on any atom is -0.465 e. The smallest absolute Gasteiger partial charge is 0.405 e. The van der Waals surface area contributed by atoms with Crippen LogP contribution in [0.4, 0.5) is 10.5 Å². The Morgan fingerprint density at radius 3 is 2.42 bits per heavy atom. The van der Waals surface area contributed by atoms with Crippen molar-refractivity contribution in [2.75, 3.05) is 18.5 Å². The fourth-order valence-corrected chi connectivity index (χ4v) is 2.30. The molecule has 0 saturated heterocycles. The fraction of sp³-hybridized carbons (Fsp3) is 0.118. The van der Waals surface area contributed by atoms with Gasteiger partial charge in [0.05, 0.1) is 5.69 Å². The third-order valence-electron chi connectivity index (χ3n) is 3.37. The second-order valence-corrected chi connectivity index (χ2v) is 5.40. The molecule has 0 fully saturated rings. The maximum Gasteiger partial charge on any atom is 0.405 e. The van der Waals surface area contributed by atoms with Crippen LogP contribution in [-0.4, -0.2) is 36.5 Å². The van der Waals surface area contributed by atoms with Crippen molar-refractivity contribution in [1.29, 1.82) is 0 Å². The van der Waals surface area contributed by atoms with Gasteiger partial charge in [0.15, 0.2) is 5.78 Å². The third-order valence-corrected chi connectivity index (χ3v) is 3.60. The molecule has 0 aliphatic rings. The van der Waals surface area contributed by atoms with Gasteiger partial charge in [-0.25, -0.2) is 4.79 Å². The highest BCUT2D eigenvalue weighted by Crippen LogP contribution is 2.26. The van der Waals surface area contributed by atoms with E-state index in [-0.39, 0.29) is 11.3 Å². The number of benzene rings is 2. The summed E-state index contributed by atoms with van der Waals surface area (Å²) in [5.41, 5.74) is 1.08. The highest BCUT2D eigenvalue weighted by molar-refractivity contribution is 6.31. The molecule has 2 aromatic rings. The number of carbonyl (C=O) groups is 3. The molecular weight excluding hydrogens is 332 g/mol. The molecule has 0 aliphatic carbocycles. The lowest BCUT2D eigenvalue weighted by Gasteiger charge is -2.20. The van der Waals surface area contributed by atoms with Crippen molar-refractivity contribution in [2.45, 2.75) is 0 Å². The number of nitrogens with zero attached hydrogens (tertiary/aromatic N) is 1. The summed E-state index contributed by atoms with van der Waals surface area (Å²) in [6.07, 6.45) is -1.30. The standard InChI is InChI=1S/C17H15ClN2O4/c1-20(15(21)10-19-17(23)24)14-8-7-12(18)9-13(14)16(22)11-5-3-2-4-6-11/h2-9,19H,10H2,1H3,(H,23,24). The lowest BCUT2D eigenvalue weighted by atomic mass is 10.0. The Balaban J connectivity index is 2.35. The van der Waals surface area contributed by atoms with Crippen molar-refractivity contribution in [3.8, 4) is 0 Å². The molecule has 124 valence electrons. The van der Waals surface area contributed by atoms with E-state index in [0.717, 1.165) is 0 Å². The number of rotatable bonds is 5. The Morgan fingerprint density at radius 1 is 1.12 bits per heavy atom. The first-order chi connectivity index (χ1) is 11.4. The van der Waals surface area contributed by atoms with Gasteiger partial charge in [0.2, 0.25) is 5.91 Å². The molecule has 0 spiro atoms. The molecule has 2 rings (SSSR count). The lowest BCUT2D eigenvalue weighted by Crippen LogP contribution is -2.38. The molecule has 0 atom stereocenters. The van der Waals surface area contributed by atoms with E-state index < -0.39 is 18.5 Å². The summed E-state index contributed by atoms with van der Waals surface area (Å²) < 4.78 is 0. The Labute approximate surface area is 143 Å². The van der Waals surface area contributed by atoms with Crippen LogP contribution in [-0.2, 0) is 4.79 Å². The number of anilines is 1. The largest absolute Gasteiger partial charge is 0.465 e. The van der Waals surface area contributed by atoms with Gasteiger partial charge in [-0.1, -0.05) is 41.9 Å². The summed E-state index contributed by atoms with van der Waals surface area (Å²) in [5, 5.41) is 11.0. The number of likely N-dealkylation sites (N-methyl/N-ethyl adjacent to an activating group) is 1. The van der Waals surface area contributed by atoms with Crippen molar-refractivity contribution in [2.24, 2.45) is 0 Å². The zero-order chi connectivity index (χ0) is 17.7. The molecule has 6 nitrogen and oxygen atoms in total. The number of carboxylic acid groups (broad SMARTS) is 1. The second kappa shape index (κ2) is 7.61. The average molecular weight is 347 g/mol. The van der Waals surface area contributed by atoms with Gasteiger partial charge >= 0.3 is 6.09 Å². The Hall–Kier alpha value is -2.86. The van der Waals surface area contributed by atoms with E-state index in [9.17, 15) is 14.4 Å². The van der Waals surface area contributed by atoms with Crippen molar-refractivity contribution in [1.82, 2.24) is 5.32 Å². The number of halogens is 1. The van der Waals surface area contributed by atoms with Crippen molar-refractivity contribution >= 4 is 35.1 Å². The normalized spacial score (nSPS) is 10.1. The van der Waals surface area contributed by atoms with Gasteiger partial charge in [-0.15, -0.1) is 0 Å². The predicted octanol–water partition coefficient (Wildman–Crippen LogP) is 2.80. The van der Waals surface area contributed by atoms with E-state index >= 15 is 0 Å². The van der Waals surface area contributed by atoms with Crippen LogP contribution in [0.25, 0.3) is 0 Å². The van der Waals surface area contributed by atoms with Crippen LogP contribution >= 0.6 is 11.6 Å². The fourth-order valence-electron chi connectivity index (χ4n) is 2.13. The zero-order valence-electron chi connectivity index (χ0n) is 12.8. The molecule has 0 radical (unpaired) electrons. The maximum absolute atomic E-state index is 12.7. The molecule has 2 amide bonds. The first-order valence-corrected chi connectivity index (χ1v) is 7.40. The third kappa shape index (κ3) is 4.11. The summed E-state index contributed by atoms with van der Waals surface area (Å²) in [7, 11) is 1.47. The van der Waals surface area contributed by atoms with E-state index in [1.807, 2.05) is 5.32 Å². The van der Waals surface area contributed by atoms with Crippen LogP contribution in [0.15, 0.2) is 48.5 Å². The lowest BCUT2D eigenvalue weighted by molar-refractivity contribution is -0.117. The Morgan fingerprint density at radius 2 is 1.79 bits per heavy atom. The first-order valence-electron chi connectivity index (χ1n) is 7.03. The molecule has 0 bridgehead atoms. The molecule has 0 aliphatic heterocycles. The van der Waals surface area contributed by atoms with Gasteiger partial charge in [0.1, 0.15) is 6.54 Å². The molecule has 2 aromatic carbocycles. The minimum atomic E-state index is -1.30. The Bertz CT molecular complexity index is 777. The summed E-state index contributed by atoms with van der Waals surface area (Å²) in [6.45, 7) is -0.395. The van der Waals surface area contributed by atoms with E-state index in [4.69, 9.17) is 16.7 Å². The number of nitrogens with one attached hydrogen (secondary N) is 1. The highest BCUT2D eigenvalue weighted by Gasteiger charge is 2.20. The highest BCUT2D eigenvalue weighted by atomic mass is 35.5. The van der Waals surface area contributed by atoms with E-state index in [1.165, 1.54) is 18.0 Å². The quantitative estimate of drug-likeness (QED) is 0.815. The van der Waals surface area contributed by atoms with Crippen molar-refractivity contribution < 1.29 is 19.5 Å². The van der Waals surface area contributed by atoms with Crippen LogP contribution in [0, 0.1) is 0 Å². The van der Waals surface area contributed by atoms with E-state index in [2.05, 4.69) is 0 Å². The molecule has 2 N–H and O–H groups in total. The molecule has 24 heavy (non-hydrogen) atoms. The molecule has 7 heteroatoms. The number of ketones is 1. The van der Waals surface area contributed by atoms with Crippen molar-refractivity contribution in [3.05, 3.63) is 64.7 Å². The monoisotopic (exact) mass is 346 g/mol. The summed E-state index contributed by atoms with van der Waals surface area (Å²) in [6, 6.07) is 13.2. The second-order valence-electron chi connectivity index (χ2n) is 4.97. The van der Waals surface area contributed by atoms with Crippen LogP contribution in [0.1, 0.15) is 15.9 Å². The summed E-state index contributed by atoms with van der Waals surface area (Å²) in [4.78, 5) is 36.5. The van der Waals surface area contributed by atoms with Gasteiger partial charge < -0.3 is 15.3 Å². The van der Waals surface area contributed by atoms with Gasteiger partial charge in [-0.05, 0) is 18.2 Å². The number of amides is 2.